The molecule has 8 amide bonds. The van der Waals surface area contributed by atoms with Crippen molar-refractivity contribution in [2.45, 2.75) is 92.8 Å². The van der Waals surface area contributed by atoms with Crippen LogP contribution in [0.4, 0.5) is 42.7 Å². The molecule has 4 aromatic carbocycles. The van der Waals surface area contributed by atoms with Crippen molar-refractivity contribution >= 4 is 243 Å². The molecule has 3 aliphatic carbocycles. The molecule has 0 atom stereocenters. The number of thioether (sulfide) groups is 5. The van der Waals surface area contributed by atoms with E-state index in [2.05, 4.69) is 122 Å². The van der Waals surface area contributed by atoms with Crippen molar-refractivity contribution in [2.24, 2.45) is 0 Å². The molecule has 49 heteroatoms. The van der Waals surface area contributed by atoms with Crippen molar-refractivity contribution in [3.05, 3.63) is 183 Å². The minimum absolute atomic E-state index is 0. The third-order valence-corrected chi connectivity index (χ3v) is 27.7. The Morgan fingerprint density at radius 2 is 0.766 bits per heavy atom. The average Bonchev–Trinajstić information content (AvgIpc) is 1.31. The van der Waals surface area contributed by atoms with Crippen molar-refractivity contribution in [3.8, 4) is 23.0 Å². The van der Waals surface area contributed by atoms with E-state index in [4.69, 9.17) is 30.0 Å². The van der Waals surface area contributed by atoms with Gasteiger partial charge in [-0.1, -0.05) is 11.8 Å². The topological polar surface area (TPSA) is 419 Å². The van der Waals surface area contributed by atoms with Gasteiger partial charge in [-0.15, -0.1) is 0 Å². The fourth-order valence-electron chi connectivity index (χ4n) is 11.2. The van der Waals surface area contributed by atoms with Gasteiger partial charge < -0.3 is 42.8 Å². The summed E-state index contributed by atoms with van der Waals surface area (Å²) in [4.78, 5) is 136. The molecule has 4 aliphatic heterocycles. The standard InChI is InChI=1S/C21H19BrFN3O5S2.C21H19BrFN3O3S2.C20H18BrFN4O3S.C12H9BrFNO3S.CH2O3.B4.2K.H3N.H/c1-11-14(6-12(16(22)17(11)23)7-15-18(27)26(2)20(28)32-15)31-10-21(4-5-21)13-8-24-19(25-9-13)33(3,29)30;1-11-14(29-10-21(4-5-21)13-8-24-19(30-3)25-9-13)6-12(16(22)17(11)23)7-15-18(27)26(2)20(28)31-15;1-10-13(29-9-20(3-4-20)12-7-24-18(23)25-8-12)5-11(15(21)16(10)22)6-14-17(27)26(2)19(28)30-14;1-5-7(16)3-6(9(13)10(5)14)4-8-11(17)15(2)12(18)19-8;2-1-4-3;1-4(2)3;;;;/h6-9H,4-5,10H2,1-3H3;6-9H,4-5,10H2,1-3H3;5-8H,3-4,9H2,1-2H3,(H2,23,24,25);3-4,16H,1-2H3;1,3H;;;;1H3;/q;;;;;;2*+1;;-1/p-1/b2*15-7-;14-6-;8-4-;;;;;;. The van der Waals surface area contributed by atoms with Crippen LogP contribution in [-0.2, 0) is 54.9 Å². The number of sulfone groups is 1. The van der Waals surface area contributed by atoms with Gasteiger partial charge in [-0.2, -0.15) is 0 Å². The van der Waals surface area contributed by atoms with Gasteiger partial charge in [-0.25, -0.2) is 55.9 Å². The maximum atomic E-state index is 14.9. The van der Waals surface area contributed by atoms with Crippen LogP contribution in [0.1, 0.15) is 101 Å². The smallest absolute Gasteiger partial charge is 1.00 e. The number of carbonyl (C=O) groups is 9. The van der Waals surface area contributed by atoms with Gasteiger partial charge in [0, 0.05) is 140 Å². The van der Waals surface area contributed by atoms with Crippen molar-refractivity contribution in [1.82, 2.24) is 55.7 Å². The molecular weight excluding hydrogens is 2050 g/mol. The Morgan fingerprint density at radius 1 is 0.524 bits per heavy atom. The summed E-state index contributed by atoms with van der Waals surface area (Å²) in [5.74, 6) is -2.69. The molecule has 7 aliphatic rings. The van der Waals surface area contributed by atoms with E-state index >= 15 is 0 Å². The number of hydrogen-bond acceptors (Lipinski definition) is 30. The van der Waals surface area contributed by atoms with Gasteiger partial charge in [-0.05, 0) is 271 Å². The molecule has 0 unspecified atom stereocenters. The third kappa shape index (κ3) is 26.2. The average molecular weight is 2120 g/mol. The Balaban J connectivity index is 0.000000288. The minimum atomic E-state index is -3.49. The number of likely N-dealkylation sites (N-methyl/N-ethyl adjacent to an activating group) is 4. The Morgan fingerprint density at radius 3 is 0.992 bits per heavy atom. The number of nitrogens with two attached hydrogens (primary N) is 1. The molecule has 6 N–H and O–H groups in total. The largest absolute Gasteiger partial charge is 1.00 e. The predicted octanol–water partition coefficient (Wildman–Crippen LogP) is 7.56. The molecule has 29 nitrogen and oxygen atoms in total. The number of halogens is 8. The van der Waals surface area contributed by atoms with E-state index in [0.717, 1.165) is 128 Å². The fraction of sp³-hybridized carbons (Fsp3) is 0.293. The Labute approximate surface area is 855 Å². The van der Waals surface area contributed by atoms with E-state index in [0.29, 0.717) is 74.6 Å². The van der Waals surface area contributed by atoms with Crippen LogP contribution in [0.15, 0.2) is 109 Å². The molecule has 7 fully saturated rings. The first kappa shape index (κ1) is 108. The summed E-state index contributed by atoms with van der Waals surface area (Å²) in [6.45, 7) is 7.07. The van der Waals surface area contributed by atoms with Crippen molar-refractivity contribution in [3.63, 3.8) is 0 Å². The van der Waals surface area contributed by atoms with Crippen LogP contribution < -0.4 is 134 Å². The third-order valence-electron chi connectivity index (χ3n) is 19.2. The van der Waals surface area contributed by atoms with Crippen molar-refractivity contribution < 1.29 is 203 Å². The summed E-state index contributed by atoms with van der Waals surface area (Å²) in [6, 6.07) is 6.31. The van der Waals surface area contributed by atoms with E-state index < -0.39 is 68.4 Å². The molecule has 3 saturated carbocycles. The zero-order valence-corrected chi connectivity index (χ0v) is 85.5. The maximum Gasteiger partial charge on any atom is 1.00 e. The van der Waals surface area contributed by atoms with Gasteiger partial charge in [0.15, 0.2) is 5.16 Å². The number of phenolic OH excluding ortho intramolecular Hbond substituents is 1. The van der Waals surface area contributed by atoms with Crippen molar-refractivity contribution in [2.75, 3.05) is 66.3 Å². The van der Waals surface area contributed by atoms with Gasteiger partial charge in [0.05, 0.1) is 57.3 Å². The summed E-state index contributed by atoms with van der Waals surface area (Å²) in [5.41, 5.74) is 10.2. The number of nitrogens with zero attached hydrogens (tertiary/aromatic N) is 10. The SMILES string of the molecule is CSc1ncc(C2(COc3cc(/C=C4\SC(=O)N(C)C4=O)c(Br)c(F)c3C)CC2)cn1.Cc1c(O)cc(/C=C2\SC(=O)N(C)C2=O)c(Br)c1F.Cc1c(OCC2(c3cnc(N)nc3)CC2)cc(/C=C2\SC(=O)N(C)C2=O)c(Br)c1F.Cc1c(OCC2(c3cnc(S(C)(=O)=O)nc3)CC2)cc(/C=C2\SC(=O)N(C)C2=O)c(Br)c1F.N.O=CO[O-].[B]B([B])[B].[H-].[K+].[K+]. The number of phenols is 1. The maximum absolute atomic E-state index is 14.9. The molecule has 3 aromatic heterocycles. The molecule has 7 heterocycles. The van der Waals surface area contributed by atoms with Crippen LogP contribution in [0.25, 0.3) is 24.3 Å². The van der Waals surface area contributed by atoms with Crippen LogP contribution in [0.5, 0.6) is 23.0 Å². The second kappa shape index (κ2) is 46.1. The number of imide groups is 4. The van der Waals surface area contributed by atoms with E-state index in [1.807, 2.05) is 18.6 Å². The first-order valence-electron chi connectivity index (χ1n) is 35.2. The van der Waals surface area contributed by atoms with Crippen LogP contribution >= 0.6 is 123 Å². The number of ether oxygens (including phenoxy) is 3. The Kier molecular flexibility index (Phi) is 40.0. The second-order valence-corrected chi connectivity index (χ2v) is 37.5. The second-order valence-electron chi connectivity index (χ2n) is 27.6. The van der Waals surface area contributed by atoms with E-state index in [1.54, 1.807) is 51.4 Å². The molecule has 0 bridgehead atoms. The van der Waals surface area contributed by atoms with Gasteiger partial charge in [0.1, 0.15) is 46.3 Å². The van der Waals surface area contributed by atoms with Gasteiger partial charge in [0.25, 0.3) is 51.1 Å². The number of hydrogen-bond donors (Lipinski definition) is 3. The number of anilines is 1. The zero-order valence-electron chi connectivity index (χ0n) is 69.0. The number of benzene rings is 4. The summed E-state index contributed by atoms with van der Waals surface area (Å²) in [7, 11) is 16.1. The number of rotatable bonds is 19. The molecule has 14 rings (SSSR count). The summed E-state index contributed by atoms with van der Waals surface area (Å²) < 4.78 is 100. The summed E-state index contributed by atoms with van der Waals surface area (Å²) >= 11 is 17.5. The minimum Gasteiger partial charge on any atom is -1.00 e. The van der Waals surface area contributed by atoms with Crippen LogP contribution in [0.3, 0.4) is 0 Å². The van der Waals surface area contributed by atoms with Crippen molar-refractivity contribution in [1.29, 1.82) is 0 Å². The number of amides is 8. The number of nitrogen functional groups attached to an aromatic ring is 1. The van der Waals surface area contributed by atoms with Gasteiger partial charge >= 0.3 is 103 Å². The quantitative estimate of drug-likeness (QED) is 0.0103. The monoisotopic (exact) mass is 2120 g/mol. The van der Waals surface area contributed by atoms with Gasteiger partial charge in [0.2, 0.25) is 20.9 Å². The van der Waals surface area contributed by atoms with Crippen LogP contribution in [0, 0.1) is 51.0 Å². The number of carbonyl (C=O) groups excluding carboxylic acids is 9. The first-order valence-corrected chi connectivity index (χ1v) is 44.8. The number of aromatic hydroxyl groups is 1. The molecule has 4 saturated heterocycles. The predicted molar refractivity (Wildman–Crippen MR) is 473 cm³/mol. The fourth-order valence-corrected chi connectivity index (χ4v) is 17.4. The Bertz CT molecular complexity index is 5620. The van der Waals surface area contributed by atoms with E-state index in [9.17, 15) is 69.4 Å². The number of aromatic nitrogens is 6. The van der Waals surface area contributed by atoms with Crippen LogP contribution in [-0.4, -0.2) is 204 Å². The molecule has 0 spiro atoms. The van der Waals surface area contributed by atoms with E-state index in [-0.39, 0.29) is 215 Å². The summed E-state index contributed by atoms with van der Waals surface area (Å²) in [5, 5.41) is 17.0. The van der Waals surface area contributed by atoms with Gasteiger partial charge in [-0.3, -0.25) is 62.8 Å². The summed E-state index contributed by atoms with van der Waals surface area (Å²) in [6.07, 6.45) is 23.5. The van der Waals surface area contributed by atoms with E-state index in [1.165, 1.54) is 89.6 Å². The van der Waals surface area contributed by atoms with Crippen LogP contribution in [0.2, 0.25) is 0 Å². The first-order chi connectivity index (χ1) is 56.9. The molecule has 124 heavy (non-hydrogen) atoms. The Hall–Kier alpha value is -5.10. The molecule has 7 aromatic rings. The molecule has 6 radical (unpaired) electrons. The molecule has 638 valence electrons. The normalized spacial score (nSPS) is 17.3. The zero-order chi connectivity index (χ0) is 89.4. The molecular formula is C75H70B4Br4F4K2N12O17S6.